The van der Waals surface area contributed by atoms with E-state index < -0.39 is 64.9 Å². The Kier molecular flexibility index (Phi) is 7.98. The molecule has 1 saturated heterocycles. The molecule has 1 aliphatic heterocycles. The van der Waals surface area contributed by atoms with Gasteiger partial charge in [0.05, 0.1) is 19.0 Å². The molecule has 0 aromatic carbocycles. The molecule has 4 atom stereocenters. The molecule has 0 spiro atoms. The second-order valence-corrected chi connectivity index (χ2v) is 6.91. The molecule has 1 aromatic rings. The molecule has 1 aliphatic rings. The van der Waals surface area contributed by atoms with Gasteiger partial charge in [-0.2, -0.15) is 8.42 Å². The first-order chi connectivity index (χ1) is 11.1. The molecule has 0 bridgehead atoms. The number of aromatic amines is 1. The monoisotopic (exact) mass is 390 g/mol. The van der Waals surface area contributed by atoms with Crippen molar-refractivity contribution in [3.05, 3.63) is 32.6 Å². The summed E-state index contributed by atoms with van der Waals surface area (Å²) in [5.41, 5.74) is -1.20. The molecule has 2 rings (SSSR count). The minimum absolute atomic E-state index is 0. The van der Waals surface area contributed by atoms with Crippen LogP contribution in [0.2, 0.25) is 0 Å². The minimum atomic E-state index is -4.27. The quantitative estimate of drug-likeness (QED) is 0.287. The predicted molar refractivity (Wildman–Crippen MR) is 86.4 cm³/mol. The van der Waals surface area contributed by atoms with E-state index in [1.165, 1.54) is 13.1 Å². The second kappa shape index (κ2) is 8.88. The van der Waals surface area contributed by atoms with Gasteiger partial charge in [-0.25, -0.2) is 4.79 Å². The van der Waals surface area contributed by atoms with Crippen molar-refractivity contribution in [1.29, 1.82) is 0 Å². The fraction of sp³-hybridized carbons (Fsp3) is 0.667. The van der Waals surface area contributed by atoms with E-state index >= 15 is 0 Å². The van der Waals surface area contributed by atoms with Gasteiger partial charge in [-0.15, -0.1) is 0 Å². The van der Waals surface area contributed by atoms with Crippen LogP contribution in [0, 0.1) is 6.92 Å². The van der Waals surface area contributed by atoms with Crippen molar-refractivity contribution in [1.82, 2.24) is 9.55 Å². The molecule has 2 heterocycles. The fourth-order valence-corrected chi connectivity index (χ4v) is 2.64. The number of ether oxygens (including phenoxy) is 2. The molecule has 2 unspecified atom stereocenters. The maximum atomic E-state index is 12.0. The summed E-state index contributed by atoms with van der Waals surface area (Å²) in [5.74, 6) is -0.716. The third kappa shape index (κ3) is 5.45. The Bertz CT molecular complexity index is 806. The van der Waals surface area contributed by atoms with E-state index in [2.05, 4.69) is 4.98 Å². The molecule has 0 amide bonds. The van der Waals surface area contributed by atoms with Crippen molar-refractivity contribution in [2.24, 2.45) is 0 Å². The molecular weight excluding hydrogens is 371 g/mol. The van der Waals surface area contributed by atoms with Gasteiger partial charge in [0.2, 0.25) is 0 Å². The zero-order valence-corrected chi connectivity index (χ0v) is 13.5. The van der Waals surface area contributed by atoms with E-state index in [-0.39, 0.29) is 35.1 Å². The third-order valence-electron chi connectivity index (χ3n) is 3.56. The van der Waals surface area contributed by atoms with Gasteiger partial charge in [-0.3, -0.25) is 18.9 Å². The summed E-state index contributed by atoms with van der Waals surface area (Å²) in [6.45, 7) is 0.431. The molecule has 13 heteroatoms. The molecule has 0 aliphatic carbocycles. The van der Waals surface area contributed by atoms with E-state index in [9.17, 15) is 28.2 Å². The van der Waals surface area contributed by atoms with Crippen molar-refractivity contribution in [3.8, 4) is 0 Å². The first-order valence-electron chi connectivity index (χ1n) is 6.97. The summed E-state index contributed by atoms with van der Waals surface area (Å²) in [6, 6.07) is 0. The summed E-state index contributed by atoms with van der Waals surface area (Å²) in [6.07, 6.45) is -3.59. The molecule has 11 nitrogen and oxygen atoms in total. The third-order valence-corrected chi connectivity index (χ3v) is 4.25. The number of nitrogens with zero attached hydrogens (tertiary/aromatic N) is 1. The van der Waals surface area contributed by atoms with E-state index in [0.717, 1.165) is 4.57 Å². The Hall–Kier alpha value is -0.570. The Morgan fingerprint density at radius 1 is 1.40 bits per heavy atom. The normalized spacial score (nSPS) is 26.4. The molecule has 0 saturated carbocycles. The molecule has 138 valence electrons. The topological polar surface area (TPSA) is 168 Å². The number of aliphatic hydroxyl groups is 2. The van der Waals surface area contributed by atoms with Crippen LogP contribution < -0.4 is 11.2 Å². The van der Waals surface area contributed by atoms with Crippen molar-refractivity contribution in [2.75, 3.05) is 19.0 Å². The number of rotatable bonds is 6. The summed E-state index contributed by atoms with van der Waals surface area (Å²) in [7, 11) is -4.27. The van der Waals surface area contributed by atoms with Gasteiger partial charge in [0.1, 0.15) is 18.3 Å². The molecule has 0 radical (unpaired) electrons. The van der Waals surface area contributed by atoms with Crippen molar-refractivity contribution >= 4 is 39.7 Å². The number of H-pyrrole nitrogens is 1. The van der Waals surface area contributed by atoms with Gasteiger partial charge >= 0.3 is 35.2 Å². The van der Waals surface area contributed by atoms with Crippen molar-refractivity contribution in [2.45, 2.75) is 31.5 Å². The number of aliphatic hydroxyl groups excluding tert-OH is 2. The van der Waals surface area contributed by atoms with Crippen LogP contribution in [0.5, 0.6) is 0 Å². The van der Waals surface area contributed by atoms with Crippen LogP contribution in [-0.4, -0.2) is 99.6 Å². The zero-order valence-electron chi connectivity index (χ0n) is 12.7. The van der Waals surface area contributed by atoms with Crippen LogP contribution in [0.3, 0.4) is 0 Å². The van der Waals surface area contributed by atoms with Crippen LogP contribution in [0.25, 0.3) is 0 Å². The average molecular weight is 390 g/mol. The van der Waals surface area contributed by atoms with Gasteiger partial charge < -0.3 is 19.7 Å². The number of nitrogens with one attached hydrogen (secondary N) is 1. The Labute approximate surface area is 164 Å². The summed E-state index contributed by atoms with van der Waals surface area (Å²) in [4.78, 5) is 25.5. The summed E-state index contributed by atoms with van der Waals surface area (Å²) in [5, 5.41) is 19.3. The molecule has 1 aromatic heterocycles. The number of aromatic nitrogens is 2. The molecule has 4 N–H and O–H groups in total. The van der Waals surface area contributed by atoms with Gasteiger partial charge in [0.15, 0.2) is 6.23 Å². The van der Waals surface area contributed by atoms with Crippen LogP contribution in [0.1, 0.15) is 11.8 Å². The van der Waals surface area contributed by atoms with E-state index in [1.807, 2.05) is 0 Å². The Balaban J connectivity index is 0.00000312. The number of hydrogen-bond acceptors (Lipinski definition) is 8. The van der Waals surface area contributed by atoms with E-state index in [1.54, 1.807) is 0 Å². The number of aryl methyl sites for hydroxylation is 1. The summed E-state index contributed by atoms with van der Waals surface area (Å²) < 4.78 is 41.8. The van der Waals surface area contributed by atoms with E-state index in [0.29, 0.717) is 0 Å². The standard InChI is InChI=1S/C12H18N2O9S.Na.H/c1-6-4-14(12(18)13-10(6)17)11-9(8(16)7(5-15)23-11)22-2-3-24(19,20)21;;/h4,7-9,11,15-16H,2-3,5H2,1H3,(H,13,17,18)(H,19,20,21);;/t7-,8?,9?,11-;;/m0../s1. The van der Waals surface area contributed by atoms with Crippen LogP contribution in [-0.2, 0) is 19.6 Å². The van der Waals surface area contributed by atoms with Crippen LogP contribution >= 0.6 is 0 Å². The molecule has 1 fully saturated rings. The SMILES string of the molecule is Cc1cn([C@H]2O[C@@H](CO)C(O)C2OCCS(=O)(=O)O)c(=O)[nH]c1=O.[NaH]. The van der Waals surface area contributed by atoms with Gasteiger partial charge in [-0.1, -0.05) is 0 Å². The van der Waals surface area contributed by atoms with Gasteiger partial charge in [0.25, 0.3) is 15.7 Å². The van der Waals surface area contributed by atoms with Crippen molar-refractivity contribution in [3.63, 3.8) is 0 Å². The Morgan fingerprint density at radius 2 is 2.04 bits per heavy atom. The maximum absolute atomic E-state index is 12.0. The second-order valence-electron chi connectivity index (χ2n) is 5.34. The van der Waals surface area contributed by atoms with E-state index in [4.69, 9.17) is 14.0 Å². The summed E-state index contributed by atoms with van der Waals surface area (Å²) >= 11 is 0. The molecular formula is C12H19N2NaO9S. The molecule has 25 heavy (non-hydrogen) atoms. The first-order valence-corrected chi connectivity index (χ1v) is 8.58. The fourth-order valence-electron chi connectivity index (χ4n) is 2.34. The zero-order chi connectivity index (χ0) is 18.1. The van der Waals surface area contributed by atoms with Gasteiger partial charge in [0, 0.05) is 11.8 Å². The van der Waals surface area contributed by atoms with Crippen LogP contribution in [0.4, 0.5) is 0 Å². The van der Waals surface area contributed by atoms with Gasteiger partial charge in [-0.05, 0) is 6.92 Å². The predicted octanol–water partition coefficient (Wildman–Crippen LogP) is -3.28. The van der Waals surface area contributed by atoms with Crippen LogP contribution in [0.15, 0.2) is 15.8 Å². The van der Waals surface area contributed by atoms with Crippen molar-refractivity contribution < 1.29 is 32.7 Å². The number of hydrogen-bond donors (Lipinski definition) is 4. The first kappa shape index (κ1) is 22.5. The Morgan fingerprint density at radius 3 is 2.60 bits per heavy atom. The average Bonchev–Trinajstić information content (AvgIpc) is 2.78.